The molecule has 4 rings (SSSR count). The second-order valence-electron chi connectivity index (χ2n) is 7.73. The number of benzene rings is 2. The Hall–Kier alpha value is -3.36. The molecule has 1 unspecified atom stereocenters. The number of Topliss-reactive ketones (excluding diaryl/α,β-unsaturated/α-hetero) is 1. The van der Waals surface area contributed by atoms with E-state index >= 15 is 0 Å². The molecule has 0 bridgehead atoms. The van der Waals surface area contributed by atoms with Gasteiger partial charge in [-0.3, -0.25) is 14.2 Å². The molecule has 34 heavy (non-hydrogen) atoms. The Balaban J connectivity index is 1.50. The zero-order chi connectivity index (χ0) is 24.1. The van der Waals surface area contributed by atoms with Crippen molar-refractivity contribution in [3.8, 4) is 11.4 Å². The van der Waals surface area contributed by atoms with Crippen molar-refractivity contribution in [3.63, 3.8) is 0 Å². The van der Waals surface area contributed by atoms with Crippen molar-refractivity contribution >= 4 is 35.1 Å². The molecule has 0 spiro atoms. The number of aromatic nitrogens is 3. The fourth-order valence-electron chi connectivity index (χ4n) is 3.47. The number of halogens is 1. The summed E-state index contributed by atoms with van der Waals surface area (Å²) in [7, 11) is 0. The highest BCUT2D eigenvalue weighted by Crippen LogP contribution is 2.27. The third-order valence-electron chi connectivity index (χ3n) is 5.20. The van der Waals surface area contributed by atoms with Crippen LogP contribution in [0.2, 0.25) is 5.02 Å². The molecule has 0 saturated carbocycles. The number of hydrogen-bond acceptors (Lipinski definition) is 6. The van der Waals surface area contributed by atoms with Gasteiger partial charge in [0.1, 0.15) is 5.76 Å². The fraction of sp³-hybridized carbons (Fsp3) is 0.200. The highest BCUT2D eigenvalue weighted by molar-refractivity contribution is 7.99. The minimum absolute atomic E-state index is 0.0238. The molecule has 1 amide bonds. The van der Waals surface area contributed by atoms with Gasteiger partial charge in [0.05, 0.1) is 24.6 Å². The SMILES string of the molecule is CC(=O)NC(C)c1ccc(C(=O)CSc2nnc(-c3ccc(Cl)cc3)n2Cc2ccco2)cc1. The molecule has 0 aliphatic heterocycles. The van der Waals surface area contributed by atoms with Crippen molar-refractivity contribution in [3.05, 3.63) is 88.8 Å². The smallest absolute Gasteiger partial charge is 0.217 e. The summed E-state index contributed by atoms with van der Waals surface area (Å²) in [5.41, 5.74) is 2.40. The highest BCUT2D eigenvalue weighted by atomic mass is 35.5. The number of nitrogens with zero attached hydrogens (tertiary/aromatic N) is 3. The van der Waals surface area contributed by atoms with Gasteiger partial charge in [0.2, 0.25) is 5.91 Å². The molecule has 0 fully saturated rings. The monoisotopic (exact) mass is 494 g/mol. The van der Waals surface area contributed by atoms with Crippen LogP contribution in [0.5, 0.6) is 0 Å². The molecule has 9 heteroatoms. The summed E-state index contributed by atoms with van der Waals surface area (Å²) >= 11 is 7.36. The van der Waals surface area contributed by atoms with Crippen LogP contribution >= 0.6 is 23.4 Å². The Morgan fingerprint density at radius 3 is 2.47 bits per heavy atom. The van der Waals surface area contributed by atoms with Gasteiger partial charge >= 0.3 is 0 Å². The van der Waals surface area contributed by atoms with Crippen molar-refractivity contribution in [1.82, 2.24) is 20.1 Å². The molecule has 0 aliphatic carbocycles. The van der Waals surface area contributed by atoms with Gasteiger partial charge in [-0.15, -0.1) is 10.2 Å². The van der Waals surface area contributed by atoms with Crippen molar-refractivity contribution in [2.45, 2.75) is 31.6 Å². The Morgan fingerprint density at radius 1 is 1.09 bits per heavy atom. The number of rotatable bonds is 9. The van der Waals surface area contributed by atoms with E-state index in [1.165, 1.54) is 18.7 Å². The molecular weight excluding hydrogens is 472 g/mol. The molecule has 0 radical (unpaired) electrons. The minimum atomic E-state index is -0.123. The zero-order valence-corrected chi connectivity index (χ0v) is 20.3. The standard InChI is InChI=1S/C25H23ClN4O3S/c1-16(27-17(2)31)18-5-7-19(8-6-18)23(32)15-34-25-29-28-24(20-9-11-21(26)12-10-20)30(25)14-22-4-3-13-33-22/h3-13,16H,14-15H2,1-2H3,(H,27,31). The van der Waals surface area contributed by atoms with Crippen LogP contribution < -0.4 is 5.32 Å². The average molecular weight is 495 g/mol. The van der Waals surface area contributed by atoms with E-state index in [0.29, 0.717) is 28.1 Å². The van der Waals surface area contributed by atoms with E-state index in [0.717, 1.165) is 16.9 Å². The molecule has 1 N–H and O–H groups in total. The van der Waals surface area contributed by atoms with Gasteiger partial charge in [0.25, 0.3) is 0 Å². The van der Waals surface area contributed by atoms with Crippen LogP contribution in [0.25, 0.3) is 11.4 Å². The predicted octanol–water partition coefficient (Wildman–Crippen LogP) is 5.41. The van der Waals surface area contributed by atoms with Crippen LogP contribution in [0.1, 0.15) is 41.6 Å². The Labute approximate surface area is 206 Å². The van der Waals surface area contributed by atoms with E-state index in [1.54, 1.807) is 30.5 Å². The number of furan rings is 1. The first-order valence-electron chi connectivity index (χ1n) is 10.7. The van der Waals surface area contributed by atoms with Gasteiger partial charge in [-0.05, 0) is 48.9 Å². The van der Waals surface area contributed by atoms with Gasteiger partial charge in [-0.2, -0.15) is 0 Å². The summed E-state index contributed by atoms with van der Waals surface area (Å²) in [6.07, 6.45) is 1.62. The maximum absolute atomic E-state index is 12.8. The van der Waals surface area contributed by atoms with Gasteiger partial charge < -0.3 is 9.73 Å². The lowest BCUT2D eigenvalue weighted by atomic mass is 10.0. The van der Waals surface area contributed by atoms with Crippen LogP contribution in [0.4, 0.5) is 0 Å². The van der Waals surface area contributed by atoms with Gasteiger partial charge in [-0.25, -0.2) is 0 Å². The van der Waals surface area contributed by atoms with Crippen molar-refractivity contribution in [2.24, 2.45) is 0 Å². The van der Waals surface area contributed by atoms with Gasteiger partial charge in [0.15, 0.2) is 16.8 Å². The fourth-order valence-corrected chi connectivity index (χ4v) is 4.43. The maximum atomic E-state index is 12.8. The molecule has 4 aromatic rings. The quantitative estimate of drug-likeness (QED) is 0.247. The molecule has 0 aliphatic rings. The van der Waals surface area contributed by atoms with E-state index in [4.69, 9.17) is 16.0 Å². The predicted molar refractivity (Wildman–Crippen MR) is 132 cm³/mol. The summed E-state index contributed by atoms with van der Waals surface area (Å²) in [5.74, 6) is 1.51. The summed E-state index contributed by atoms with van der Waals surface area (Å²) in [5, 5.41) is 12.8. The third-order valence-corrected chi connectivity index (χ3v) is 6.42. The van der Waals surface area contributed by atoms with Crippen LogP contribution in [0, 0.1) is 0 Å². The van der Waals surface area contributed by atoms with Crippen LogP contribution in [0.3, 0.4) is 0 Å². The normalized spacial score (nSPS) is 11.9. The zero-order valence-electron chi connectivity index (χ0n) is 18.7. The molecule has 2 heterocycles. The van der Waals surface area contributed by atoms with E-state index < -0.39 is 0 Å². The number of nitrogens with one attached hydrogen (secondary N) is 1. The van der Waals surface area contributed by atoms with E-state index in [2.05, 4.69) is 15.5 Å². The summed E-state index contributed by atoms with van der Waals surface area (Å²) in [6, 6.07) is 18.2. The minimum Gasteiger partial charge on any atom is -0.467 e. The first-order valence-corrected chi connectivity index (χ1v) is 12.0. The van der Waals surface area contributed by atoms with E-state index in [1.807, 2.05) is 47.9 Å². The maximum Gasteiger partial charge on any atom is 0.217 e. The third kappa shape index (κ3) is 5.76. The van der Waals surface area contributed by atoms with Crippen LogP contribution in [-0.4, -0.2) is 32.2 Å². The number of hydrogen-bond donors (Lipinski definition) is 1. The second-order valence-corrected chi connectivity index (χ2v) is 9.11. The largest absolute Gasteiger partial charge is 0.467 e. The van der Waals surface area contributed by atoms with Gasteiger partial charge in [-0.1, -0.05) is 47.6 Å². The molecule has 174 valence electrons. The van der Waals surface area contributed by atoms with Crippen LogP contribution in [0.15, 0.2) is 76.5 Å². The Bertz CT molecular complexity index is 1270. The van der Waals surface area contributed by atoms with E-state index in [-0.39, 0.29) is 23.5 Å². The molecular formula is C25H23ClN4O3S. The van der Waals surface area contributed by atoms with Crippen molar-refractivity contribution in [1.29, 1.82) is 0 Å². The Kier molecular flexibility index (Phi) is 7.49. The molecule has 2 aromatic heterocycles. The summed E-state index contributed by atoms with van der Waals surface area (Å²) < 4.78 is 7.45. The second kappa shape index (κ2) is 10.7. The van der Waals surface area contributed by atoms with E-state index in [9.17, 15) is 9.59 Å². The lowest BCUT2D eigenvalue weighted by Crippen LogP contribution is -2.23. The number of carbonyl (C=O) groups excluding carboxylic acids is 2. The van der Waals surface area contributed by atoms with Gasteiger partial charge in [0, 0.05) is 23.1 Å². The first kappa shape index (κ1) is 23.8. The number of thioether (sulfide) groups is 1. The average Bonchev–Trinajstić information content (AvgIpc) is 3.48. The lowest BCUT2D eigenvalue weighted by molar-refractivity contribution is -0.119. The Morgan fingerprint density at radius 2 is 1.82 bits per heavy atom. The summed E-state index contributed by atoms with van der Waals surface area (Å²) in [6.45, 7) is 3.82. The number of carbonyl (C=O) groups is 2. The molecule has 2 aromatic carbocycles. The van der Waals surface area contributed by atoms with Crippen molar-refractivity contribution < 1.29 is 14.0 Å². The van der Waals surface area contributed by atoms with Crippen LogP contribution in [-0.2, 0) is 11.3 Å². The topological polar surface area (TPSA) is 90.0 Å². The van der Waals surface area contributed by atoms with Crippen molar-refractivity contribution in [2.75, 3.05) is 5.75 Å². The summed E-state index contributed by atoms with van der Waals surface area (Å²) in [4.78, 5) is 24.1. The first-order chi connectivity index (χ1) is 16.4. The number of ketones is 1. The molecule has 1 atom stereocenters. The molecule has 0 saturated heterocycles. The lowest BCUT2D eigenvalue weighted by Gasteiger charge is -2.13. The highest BCUT2D eigenvalue weighted by Gasteiger charge is 2.18. The number of amides is 1. The molecule has 7 nitrogen and oxygen atoms in total.